The summed E-state index contributed by atoms with van der Waals surface area (Å²) in [5, 5.41) is 21.1. The lowest BCUT2D eigenvalue weighted by Gasteiger charge is -2.10. The highest BCUT2D eigenvalue weighted by molar-refractivity contribution is 5.69. The number of rotatable bonds is 6. The molecular formula is C16H18N2O2. The molecule has 1 heterocycles. The maximum atomic E-state index is 9.31. The number of aliphatic hydroxyl groups excluding tert-OH is 2. The van der Waals surface area contributed by atoms with Gasteiger partial charge in [-0.15, -0.1) is 0 Å². The molecule has 0 saturated carbocycles. The lowest BCUT2D eigenvalue weighted by atomic mass is 10.1. The largest absolute Gasteiger partial charge is 0.394 e. The van der Waals surface area contributed by atoms with Crippen LogP contribution in [0.5, 0.6) is 0 Å². The van der Waals surface area contributed by atoms with Crippen LogP contribution in [0.3, 0.4) is 0 Å². The summed E-state index contributed by atoms with van der Waals surface area (Å²) in [6.07, 6.45) is 4.94. The molecule has 0 radical (unpaired) electrons. The molecule has 1 unspecified atom stereocenters. The average molecular weight is 270 g/mol. The Bertz CT molecular complexity index is 555. The van der Waals surface area contributed by atoms with Crippen molar-refractivity contribution in [3.05, 3.63) is 59.9 Å². The first-order valence-electron chi connectivity index (χ1n) is 6.50. The van der Waals surface area contributed by atoms with Crippen LogP contribution in [0.25, 0.3) is 12.2 Å². The van der Waals surface area contributed by atoms with Crippen molar-refractivity contribution < 1.29 is 10.2 Å². The fraction of sp³-hybridized carbons (Fsp3) is 0.188. The highest BCUT2D eigenvalue weighted by Crippen LogP contribution is 2.13. The lowest BCUT2D eigenvalue weighted by Crippen LogP contribution is -2.22. The third-order valence-corrected chi connectivity index (χ3v) is 2.77. The van der Waals surface area contributed by atoms with Gasteiger partial charge in [-0.05, 0) is 35.9 Å². The lowest BCUT2D eigenvalue weighted by molar-refractivity contribution is 0.105. The molecule has 1 aromatic heterocycles. The van der Waals surface area contributed by atoms with Gasteiger partial charge in [0.05, 0.1) is 18.4 Å². The number of anilines is 1. The molecule has 1 aromatic carbocycles. The first-order chi connectivity index (χ1) is 9.78. The van der Waals surface area contributed by atoms with Crippen molar-refractivity contribution >= 4 is 17.8 Å². The summed E-state index contributed by atoms with van der Waals surface area (Å²) >= 11 is 0. The predicted octanol–water partition coefficient (Wildman–Crippen LogP) is 2.02. The molecule has 4 heteroatoms. The minimum Gasteiger partial charge on any atom is -0.394 e. The van der Waals surface area contributed by atoms with Gasteiger partial charge in [-0.25, -0.2) is 0 Å². The summed E-state index contributed by atoms with van der Waals surface area (Å²) in [5.41, 5.74) is 2.85. The Morgan fingerprint density at radius 2 is 2.05 bits per heavy atom. The van der Waals surface area contributed by atoms with Crippen LogP contribution in [0.2, 0.25) is 0 Å². The molecular weight excluding hydrogens is 252 g/mol. The zero-order valence-electron chi connectivity index (χ0n) is 11.1. The van der Waals surface area contributed by atoms with E-state index in [1.54, 1.807) is 6.20 Å². The van der Waals surface area contributed by atoms with Gasteiger partial charge >= 0.3 is 0 Å². The van der Waals surface area contributed by atoms with Crippen LogP contribution < -0.4 is 5.32 Å². The molecule has 0 aliphatic rings. The van der Waals surface area contributed by atoms with Crippen LogP contribution >= 0.6 is 0 Å². The predicted molar refractivity (Wildman–Crippen MR) is 81.2 cm³/mol. The zero-order valence-corrected chi connectivity index (χ0v) is 11.1. The van der Waals surface area contributed by atoms with E-state index >= 15 is 0 Å². The van der Waals surface area contributed by atoms with Crippen LogP contribution in [0.1, 0.15) is 11.3 Å². The van der Waals surface area contributed by atoms with Crippen molar-refractivity contribution in [2.75, 3.05) is 18.5 Å². The Balaban J connectivity index is 2.01. The molecule has 4 nitrogen and oxygen atoms in total. The summed E-state index contributed by atoms with van der Waals surface area (Å²) in [5.74, 6) is 0. The number of pyridine rings is 1. The van der Waals surface area contributed by atoms with Crippen molar-refractivity contribution in [3.8, 4) is 0 Å². The van der Waals surface area contributed by atoms with Gasteiger partial charge in [0.25, 0.3) is 0 Å². The quantitative estimate of drug-likeness (QED) is 0.751. The maximum absolute atomic E-state index is 9.31. The van der Waals surface area contributed by atoms with Crippen LogP contribution in [-0.2, 0) is 0 Å². The second-order valence-corrected chi connectivity index (χ2v) is 4.43. The number of benzene rings is 1. The summed E-state index contributed by atoms with van der Waals surface area (Å²) < 4.78 is 0. The number of hydrogen-bond acceptors (Lipinski definition) is 4. The van der Waals surface area contributed by atoms with Crippen LogP contribution in [0.4, 0.5) is 5.69 Å². The SMILES string of the molecule is OCC(O)CNc1cccc(C=Cc2ccccn2)c1. The van der Waals surface area contributed by atoms with Gasteiger partial charge in [0.1, 0.15) is 0 Å². The third-order valence-electron chi connectivity index (χ3n) is 2.77. The van der Waals surface area contributed by atoms with Gasteiger partial charge in [0.2, 0.25) is 0 Å². The minimum absolute atomic E-state index is 0.244. The molecule has 2 aromatic rings. The van der Waals surface area contributed by atoms with E-state index in [9.17, 15) is 5.11 Å². The van der Waals surface area contributed by atoms with E-state index in [1.807, 2.05) is 54.6 Å². The van der Waals surface area contributed by atoms with Crippen molar-refractivity contribution in [1.82, 2.24) is 4.98 Å². The van der Waals surface area contributed by atoms with Gasteiger partial charge in [0.15, 0.2) is 0 Å². The van der Waals surface area contributed by atoms with E-state index < -0.39 is 6.10 Å². The summed E-state index contributed by atoms with van der Waals surface area (Å²) in [6, 6.07) is 13.6. The van der Waals surface area contributed by atoms with Crippen LogP contribution in [0.15, 0.2) is 48.7 Å². The molecule has 0 fully saturated rings. The smallest absolute Gasteiger partial charge is 0.0942 e. The number of hydrogen-bond donors (Lipinski definition) is 3. The Labute approximate surface area is 118 Å². The van der Waals surface area contributed by atoms with Crippen molar-refractivity contribution in [2.24, 2.45) is 0 Å². The van der Waals surface area contributed by atoms with E-state index in [2.05, 4.69) is 10.3 Å². The fourth-order valence-electron chi connectivity index (χ4n) is 1.71. The average Bonchev–Trinajstić information content (AvgIpc) is 2.52. The molecule has 1 atom stereocenters. The van der Waals surface area contributed by atoms with Crippen molar-refractivity contribution in [1.29, 1.82) is 0 Å². The molecule has 0 aliphatic heterocycles. The first kappa shape index (κ1) is 14.2. The Morgan fingerprint density at radius 3 is 2.80 bits per heavy atom. The topological polar surface area (TPSA) is 65.4 Å². The van der Waals surface area contributed by atoms with Crippen molar-refractivity contribution in [2.45, 2.75) is 6.10 Å². The fourth-order valence-corrected chi connectivity index (χ4v) is 1.71. The number of nitrogens with one attached hydrogen (secondary N) is 1. The number of aliphatic hydroxyl groups is 2. The highest BCUT2D eigenvalue weighted by atomic mass is 16.3. The van der Waals surface area contributed by atoms with Crippen molar-refractivity contribution in [3.63, 3.8) is 0 Å². The standard InChI is InChI=1S/C16H18N2O2/c19-12-16(20)11-18-15-6-3-4-13(10-15)7-8-14-5-1-2-9-17-14/h1-10,16,18-20H,11-12H2. The van der Waals surface area contributed by atoms with Gasteiger partial charge < -0.3 is 15.5 Å². The molecule has 0 saturated heterocycles. The van der Waals surface area contributed by atoms with Gasteiger partial charge in [-0.1, -0.05) is 24.3 Å². The molecule has 0 amide bonds. The molecule has 20 heavy (non-hydrogen) atoms. The summed E-state index contributed by atoms with van der Waals surface area (Å²) in [4.78, 5) is 4.22. The summed E-state index contributed by atoms with van der Waals surface area (Å²) in [6.45, 7) is 0.0795. The normalized spacial score (nSPS) is 12.5. The molecule has 0 bridgehead atoms. The van der Waals surface area contributed by atoms with Gasteiger partial charge in [0, 0.05) is 18.4 Å². The highest BCUT2D eigenvalue weighted by Gasteiger charge is 2.01. The molecule has 3 N–H and O–H groups in total. The zero-order chi connectivity index (χ0) is 14.2. The van der Waals surface area contributed by atoms with Gasteiger partial charge in [-0.2, -0.15) is 0 Å². The first-order valence-corrected chi connectivity index (χ1v) is 6.50. The maximum Gasteiger partial charge on any atom is 0.0942 e. The van der Waals surface area contributed by atoms with E-state index in [0.29, 0.717) is 6.54 Å². The van der Waals surface area contributed by atoms with E-state index in [4.69, 9.17) is 5.11 Å². The summed E-state index contributed by atoms with van der Waals surface area (Å²) in [7, 11) is 0. The third kappa shape index (κ3) is 4.50. The second-order valence-electron chi connectivity index (χ2n) is 4.43. The Kier molecular flexibility index (Phi) is 5.29. The number of nitrogens with zero attached hydrogens (tertiary/aromatic N) is 1. The monoisotopic (exact) mass is 270 g/mol. The molecule has 0 aliphatic carbocycles. The van der Waals surface area contributed by atoms with Crippen LogP contribution in [-0.4, -0.2) is 34.5 Å². The molecule has 2 rings (SSSR count). The van der Waals surface area contributed by atoms with Crippen LogP contribution in [0, 0.1) is 0 Å². The van der Waals surface area contributed by atoms with E-state index in [-0.39, 0.29) is 6.61 Å². The molecule has 104 valence electrons. The minimum atomic E-state index is -0.747. The van der Waals surface area contributed by atoms with Gasteiger partial charge in [-0.3, -0.25) is 4.98 Å². The second kappa shape index (κ2) is 7.43. The van der Waals surface area contributed by atoms with E-state index in [1.165, 1.54) is 0 Å². The number of aromatic nitrogens is 1. The Hall–Kier alpha value is -2.17. The molecule has 0 spiro atoms. The van der Waals surface area contributed by atoms with E-state index in [0.717, 1.165) is 16.9 Å². The Morgan fingerprint density at radius 1 is 1.15 bits per heavy atom.